The summed E-state index contributed by atoms with van der Waals surface area (Å²) in [6.45, 7) is 2.41. The summed E-state index contributed by atoms with van der Waals surface area (Å²) in [6.07, 6.45) is 3.02. The van der Waals surface area contributed by atoms with E-state index in [9.17, 15) is 4.79 Å². The summed E-state index contributed by atoms with van der Waals surface area (Å²) in [4.78, 5) is 10.3. The van der Waals surface area contributed by atoms with Gasteiger partial charge in [-0.1, -0.05) is 30.7 Å². The molecule has 0 aromatic heterocycles. The monoisotopic (exact) mass is 265 g/mol. The van der Waals surface area contributed by atoms with Crippen LogP contribution in [0.25, 0.3) is 0 Å². The maximum absolute atomic E-state index is 10.3. The van der Waals surface area contributed by atoms with E-state index >= 15 is 0 Å². The van der Waals surface area contributed by atoms with Gasteiger partial charge in [-0.3, -0.25) is 4.79 Å². The molecule has 0 amide bonds. The van der Waals surface area contributed by atoms with Crippen LogP contribution in [0.1, 0.15) is 36.8 Å². The highest BCUT2D eigenvalue weighted by Gasteiger charge is 1.98. The highest BCUT2D eigenvalue weighted by atomic mass is 16.5. The van der Waals surface area contributed by atoms with Crippen LogP contribution in [0.4, 0.5) is 0 Å². The Morgan fingerprint density at radius 3 is 2.79 bits per heavy atom. The van der Waals surface area contributed by atoms with Crippen LogP contribution < -0.4 is 5.32 Å². The van der Waals surface area contributed by atoms with Gasteiger partial charge in [-0.15, -0.1) is 0 Å². The normalized spacial score (nSPS) is 10.6. The van der Waals surface area contributed by atoms with E-state index in [2.05, 4.69) is 23.5 Å². The van der Waals surface area contributed by atoms with Crippen molar-refractivity contribution in [3.05, 3.63) is 35.4 Å². The zero-order valence-electron chi connectivity index (χ0n) is 11.5. The molecule has 0 bridgehead atoms. The molecule has 0 aliphatic rings. The fraction of sp³-hybridized carbons (Fsp3) is 0.533. The van der Waals surface area contributed by atoms with Gasteiger partial charge in [0.05, 0.1) is 6.61 Å². The molecule has 19 heavy (non-hydrogen) atoms. The first-order valence-electron chi connectivity index (χ1n) is 6.71. The Morgan fingerprint density at radius 1 is 1.26 bits per heavy atom. The number of rotatable bonds is 10. The van der Waals surface area contributed by atoms with Crippen molar-refractivity contribution in [2.75, 3.05) is 13.7 Å². The zero-order valence-corrected chi connectivity index (χ0v) is 11.5. The van der Waals surface area contributed by atoms with Crippen molar-refractivity contribution >= 4 is 5.97 Å². The van der Waals surface area contributed by atoms with E-state index < -0.39 is 5.97 Å². The van der Waals surface area contributed by atoms with Crippen LogP contribution in [0.5, 0.6) is 0 Å². The number of benzene rings is 1. The minimum atomic E-state index is -0.706. The van der Waals surface area contributed by atoms with Crippen LogP contribution in [0, 0.1) is 0 Å². The van der Waals surface area contributed by atoms with E-state index in [0.717, 1.165) is 32.4 Å². The molecule has 0 aliphatic heterocycles. The van der Waals surface area contributed by atoms with Crippen molar-refractivity contribution in [2.24, 2.45) is 0 Å². The maximum atomic E-state index is 10.3. The lowest BCUT2D eigenvalue weighted by Crippen LogP contribution is -2.14. The minimum Gasteiger partial charge on any atom is -0.481 e. The summed E-state index contributed by atoms with van der Waals surface area (Å²) in [6, 6.07) is 8.33. The summed E-state index contributed by atoms with van der Waals surface area (Å²) in [5.41, 5.74) is 2.43. The van der Waals surface area contributed by atoms with Crippen molar-refractivity contribution in [1.29, 1.82) is 0 Å². The predicted octanol–water partition coefficient (Wildman–Crippen LogP) is 2.57. The van der Waals surface area contributed by atoms with Crippen LogP contribution in [0.2, 0.25) is 0 Å². The Hall–Kier alpha value is -1.39. The quantitative estimate of drug-likeness (QED) is 0.638. The third kappa shape index (κ3) is 7.59. The summed E-state index contributed by atoms with van der Waals surface area (Å²) in [5, 5.41) is 11.9. The van der Waals surface area contributed by atoms with Gasteiger partial charge in [0.1, 0.15) is 0 Å². The molecule has 2 N–H and O–H groups in total. The van der Waals surface area contributed by atoms with E-state index in [4.69, 9.17) is 9.84 Å². The largest absolute Gasteiger partial charge is 0.481 e. The molecule has 4 heteroatoms. The number of carboxylic acids is 1. The SMILES string of the molecule is COCc1cccc(CNCCCCCC(=O)O)c1. The molecule has 0 saturated carbocycles. The third-order valence-corrected chi connectivity index (χ3v) is 2.88. The van der Waals surface area contributed by atoms with Crippen LogP contribution in [0.15, 0.2) is 24.3 Å². The lowest BCUT2D eigenvalue weighted by molar-refractivity contribution is -0.137. The van der Waals surface area contributed by atoms with Gasteiger partial charge < -0.3 is 15.2 Å². The van der Waals surface area contributed by atoms with Gasteiger partial charge in [-0.05, 0) is 30.5 Å². The number of nitrogens with one attached hydrogen (secondary N) is 1. The van der Waals surface area contributed by atoms with E-state index in [-0.39, 0.29) is 6.42 Å². The number of carboxylic acid groups (broad SMARTS) is 1. The second-order valence-corrected chi connectivity index (χ2v) is 4.63. The van der Waals surface area contributed by atoms with Gasteiger partial charge in [-0.2, -0.15) is 0 Å². The van der Waals surface area contributed by atoms with Crippen LogP contribution >= 0.6 is 0 Å². The number of aliphatic carboxylic acids is 1. The average Bonchev–Trinajstić information content (AvgIpc) is 2.38. The number of methoxy groups -OCH3 is 1. The lowest BCUT2D eigenvalue weighted by atomic mass is 10.1. The van der Waals surface area contributed by atoms with Crippen molar-refractivity contribution in [3.8, 4) is 0 Å². The molecule has 0 radical (unpaired) electrons. The van der Waals surface area contributed by atoms with Gasteiger partial charge in [0.2, 0.25) is 0 Å². The topological polar surface area (TPSA) is 58.6 Å². The first-order valence-corrected chi connectivity index (χ1v) is 6.71. The maximum Gasteiger partial charge on any atom is 0.303 e. The second kappa shape index (κ2) is 9.53. The summed E-state index contributed by atoms with van der Waals surface area (Å²) >= 11 is 0. The Labute approximate surface area is 114 Å². The third-order valence-electron chi connectivity index (χ3n) is 2.88. The molecule has 0 spiro atoms. The van der Waals surface area contributed by atoms with Crippen molar-refractivity contribution in [1.82, 2.24) is 5.32 Å². The highest BCUT2D eigenvalue weighted by Crippen LogP contribution is 2.06. The van der Waals surface area contributed by atoms with Gasteiger partial charge >= 0.3 is 5.97 Å². The molecule has 1 aromatic carbocycles. The Morgan fingerprint density at radius 2 is 2.05 bits per heavy atom. The summed E-state index contributed by atoms with van der Waals surface area (Å²) < 4.78 is 5.10. The van der Waals surface area contributed by atoms with Gasteiger partial charge in [0.25, 0.3) is 0 Å². The van der Waals surface area contributed by atoms with Crippen molar-refractivity contribution in [3.63, 3.8) is 0 Å². The molecule has 0 atom stereocenters. The Kier molecular flexibility index (Phi) is 7.86. The van der Waals surface area contributed by atoms with Gasteiger partial charge in [0, 0.05) is 20.1 Å². The van der Waals surface area contributed by atoms with Crippen LogP contribution in [0.3, 0.4) is 0 Å². The molecule has 1 aromatic rings. The van der Waals surface area contributed by atoms with E-state index in [1.165, 1.54) is 11.1 Å². The average molecular weight is 265 g/mol. The summed E-state index contributed by atoms with van der Waals surface area (Å²) in [7, 11) is 1.70. The Balaban J connectivity index is 2.12. The molecular weight excluding hydrogens is 242 g/mol. The molecule has 0 fully saturated rings. The molecule has 0 unspecified atom stereocenters. The lowest BCUT2D eigenvalue weighted by Gasteiger charge is -2.06. The molecule has 106 valence electrons. The predicted molar refractivity (Wildman–Crippen MR) is 75.0 cm³/mol. The first kappa shape index (κ1) is 15.7. The number of ether oxygens (including phenoxy) is 1. The number of hydrogen-bond acceptors (Lipinski definition) is 3. The first-order chi connectivity index (χ1) is 9.22. The molecule has 0 saturated heterocycles. The van der Waals surface area contributed by atoms with E-state index in [1.54, 1.807) is 7.11 Å². The van der Waals surface area contributed by atoms with Gasteiger partial charge in [-0.25, -0.2) is 0 Å². The molecule has 0 heterocycles. The number of carbonyl (C=O) groups is 1. The minimum absolute atomic E-state index is 0.277. The number of unbranched alkanes of at least 4 members (excludes halogenated alkanes) is 2. The summed E-state index contributed by atoms with van der Waals surface area (Å²) in [5.74, 6) is -0.706. The molecule has 4 nitrogen and oxygen atoms in total. The standard InChI is InChI=1S/C15H23NO3/c1-19-12-14-7-5-6-13(10-14)11-16-9-4-2-3-8-15(17)18/h5-7,10,16H,2-4,8-9,11-12H2,1H3,(H,17,18). The molecule has 0 aliphatic carbocycles. The molecule has 1 rings (SSSR count). The van der Waals surface area contributed by atoms with E-state index in [1.807, 2.05) is 6.07 Å². The second-order valence-electron chi connectivity index (χ2n) is 4.63. The zero-order chi connectivity index (χ0) is 13.9. The van der Waals surface area contributed by atoms with Crippen LogP contribution in [-0.4, -0.2) is 24.7 Å². The molecular formula is C15H23NO3. The smallest absolute Gasteiger partial charge is 0.303 e. The number of hydrogen-bond donors (Lipinski definition) is 2. The Bertz CT molecular complexity index is 379. The highest BCUT2D eigenvalue weighted by molar-refractivity contribution is 5.66. The van der Waals surface area contributed by atoms with Gasteiger partial charge in [0.15, 0.2) is 0 Å². The fourth-order valence-electron chi connectivity index (χ4n) is 1.93. The van der Waals surface area contributed by atoms with E-state index in [0.29, 0.717) is 6.61 Å². The van der Waals surface area contributed by atoms with Crippen molar-refractivity contribution < 1.29 is 14.6 Å². The fourth-order valence-corrected chi connectivity index (χ4v) is 1.93. The van der Waals surface area contributed by atoms with Crippen molar-refractivity contribution in [2.45, 2.75) is 38.8 Å². The van der Waals surface area contributed by atoms with Crippen LogP contribution in [-0.2, 0) is 22.7 Å².